The largest absolute Gasteiger partial charge is 2.00 e. The number of nitrogens with zero attached hydrogens (tertiary/aromatic N) is 6. The maximum Gasteiger partial charge on any atom is 2.00 e. The molecule has 0 saturated carbocycles. The van der Waals surface area contributed by atoms with Gasteiger partial charge in [-0.3, -0.25) is 19.9 Å². The van der Waals surface area contributed by atoms with Crippen LogP contribution in [0.5, 0.6) is 0 Å². The van der Waals surface area contributed by atoms with Gasteiger partial charge in [0.15, 0.2) is 8.07 Å². The molecule has 0 unspecified atom stereocenters. The predicted molar refractivity (Wildman–Crippen MR) is 132 cm³/mol. The number of hydrogen-bond donors (Lipinski definition) is 0. The third-order valence-corrected chi connectivity index (χ3v) is 9.08. The quantitative estimate of drug-likeness (QED) is 0.219. The molecule has 0 N–H and O–H groups in total. The van der Waals surface area contributed by atoms with Crippen molar-refractivity contribution in [1.29, 1.82) is 0 Å². The Bertz CT molecular complexity index is 1500. The van der Waals surface area contributed by atoms with Crippen LogP contribution in [-0.2, 0) is 21.1 Å². The fourth-order valence-electron chi connectivity index (χ4n) is 4.08. The Labute approximate surface area is 212 Å². The standard InChI is InChI=1S/C26H20N6Si.Pt/c1-33(2,23-11-3-9-21(29-23)31-17-13-19-7-5-15-27-25(19)31)24-12-4-10-22(30-24)32-18-14-20-8-6-16-28-26(20)32;/h3-16H,1-2H3;/q-2;+2. The minimum atomic E-state index is -2.20. The van der Waals surface area contributed by atoms with Crippen LogP contribution in [0.2, 0.25) is 13.1 Å². The van der Waals surface area contributed by atoms with E-state index in [1.165, 1.54) is 0 Å². The van der Waals surface area contributed by atoms with Crippen molar-refractivity contribution >= 4 is 40.8 Å². The second kappa shape index (κ2) is 8.74. The summed E-state index contributed by atoms with van der Waals surface area (Å²) in [5.74, 6) is 1.62. The van der Waals surface area contributed by atoms with Crippen LogP contribution in [0.25, 0.3) is 33.7 Å². The Kier molecular flexibility index (Phi) is 5.75. The van der Waals surface area contributed by atoms with Gasteiger partial charge >= 0.3 is 21.1 Å². The summed E-state index contributed by atoms with van der Waals surface area (Å²) >= 11 is 0. The van der Waals surface area contributed by atoms with E-state index in [4.69, 9.17) is 9.97 Å². The molecule has 168 valence electrons. The first-order valence-corrected chi connectivity index (χ1v) is 13.8. The first-order valence-electron chi connectivity index (χ1n) is 10.8. The molecule has 6 aromatic rings. The maximum absolute atomic E-state index is 5.04. The number of aromatic nitrogens is 6. The van der Waals surface area contributed by atoms with E-state index >= 15 is 0 Å². The van der Waals surface area contributed by atoms with Crippen molar-refractivity contribution in [3.8, 4) is 11.6 Å². The van der Waals surface area contributed by atoms with E-state index in [1.807, 2.05) is 57.7 Å². The van der Waals surface area contributed by atoms with Crippen LogP contribution >= 0.6 is 0 Å². The molecule has 0 aromatic carbocycles. The molecule has 0 aliphatic carbocycles. The monoisotopic (exact) mass is 639 g/mol. The molecule has 6 nitrogen and oxygen atoms in total. The van der Waals surface area contributed by atoms with Crippen LogP contribution < -0.4 is 10.6 Å². The van der Waals surface area contributed by atoms with Gasteiger partial charge in [0.05, 0.1) is 11.6 Å². The zero-order valence-corrected chi connectivity index (χ0v) is 21.9. The number of pyridine rings is 4. The first kappa shape index (κ1) is 22.4. The van der Waals surface area contributed by atoms with Crippen LogP contribution in [0.4, 0.5) is 0 Å². The van der Waals surface area contributed by atoms with Crippen LogP contribution in [0.3, 0.4) is 0 Å². The van der Waals surface area contributed by atoms with Gasteiger partial charge in [0.2, 0.25) is 0 Å². The normalized spacial score (nSPS) is 11.6. The van der Waals surface area contributed by atoms with Crippen LogP contribution in [0.1, 0.15) is 0 Å². The molecule has 0 aliphatic rings. The molecule has 6 aromatic heterocycles. The molecule has 8 heteroatoms. The molecule has 34 heavy (non-hydrogen) atoms. The van der Waals surface area contributed by atoms with Crippen molar-refractivity contribution in [3.63, 3.8) is 0 Å². The molecule has 0 fully saturated rings. The molecule has 0 atom stereocenters. The average Bonchev–Trinajstić information content (AvgIpc) is 3.49. The minimum Gasteiger partial charge on any atom is -0.414 e. The van der Waals surface area contributed by atoms with E-state index in [1.54, 1.807) is 12.4 Å². The molecule has 0 aliphatic heterocycles. The molecule has 0 spiro atoms. The van der Waals surface area contributed by atoms with Gasteiger partial charge in [-0.25, -0.2) is 0 Å². The summed E-state index contributed by atoms with van der Waals surface area (Å²) < 4.78 is 3.83. The maximum atomic E-state index is 5.04. The van der Waals surface area contributed by atoms with E-state index in [0.29, 0.717) is 0 Å². The van der Waals surface area contributed by atoms with Gasteiger partial charge in [0.25, 0.3) is 0 Å². The molecule has 6 heterocycles. The summed E-state index contributed by atoms with van der Waals surface area (Å²) in [5, 5.41) is 4.18. The van der Waals surface area contributed by atoms with Gasteiger partial charge in [-0.15, -0.1) is 24.3 Å². The molecule has 6 rings (SSSR count). The summed E-state index contributed by atoms with van der Waals surface area (Å²) in [4.78, 5) is 19.1. The van der Waals surface area contributed by atoms with Gasteiger partial charge in [-0.2, -0.15) is 0 Å². The SMILES string of the molecule is C[Si](C)(c1cccc(-n2[c-]cc3cccnc32)n1)c1cccc(-n2[c-]cc3cccnc32)n1.[Pt+2]. The van der Waals surface area contributed by atoms with Crippen molar-refractivity contribution in [1.82, 2.24) is 29.1 Å². The van der Waals surface area contributed by atoms with Crippen molar-refractivity contribution < 1.29 is 21.1 Å². The topological polar surface area (TPSA) is 61.4 Å². The van der Waals surface area contributed by atoms with Crippen LogP contribution in [-0.4, -0.2) is 37.1 Å². The van der Waals surface area contributed by atoms with E-state index in [9.17, 15) is 0 Å². The Hall–Kier alpha value is -3.41. The molecular weight excluding hydrogens is 619 g/mol. The summed E-state index contributed by atoms with van der Waals surface area (Å²) in [5.41, 5.74) is 1.70. The van der Waals surface area contributed by atoms with Gasteiger partial charge in [-0.1, -0.05) is 72.7 Å². The van der Waals surface area contributed by atoms with Gasteiger partial charge < -0.3 is 9.13 Å². The second-order valence-electron chi connectivity index (χ2n) is 8.44. The zero-order valence-electron chi connectivity index (χ0n) is 18.6. The van der Waals surface area contributed by atoms with E-state index < -0.39 is 8.07 Å². The van der Waals surface area contributed by atoms with Crippen molar-refractivity contribution in [2.24, 2.45) is 0 Å². The molecular formula is C26H20N6PtSi. The fourth-order valence-corrected chi connectivity index (χ4v) is 6.16. The smallest absolute Gasteiger partial charge is 0.414 e. The van der Waals surface area contributed by atoms with E-state index in [2.05, 4.69) is 59.7 Å². The summed E-state index contributed by atoms with van der Waals surface area (Å²) in [6, 6.07) is 24.1. The third kappa shape index (κ3) is 3.71. The van der Waals surface area contributed by atoms with E-state index in [-0.39, 0.29) is 21.1 Å². The predicted octanol–water partition coefficient (Wildman–Crippen LogP) is 3.57. The minimum absolute atomic E-state index is 0. The molecule has 0 saturated heterocycles. The number of hydrogen-bond acceptors (Lipinski definition) is 4. The zero-order chi connectivity index (χ0) is 22.4. The molecule has 0 amide bonds. The number of rotatable bonds is 4. The fraction of sp³-hybridized carbons (Fsp3) is 0.0769. The second-order valence-corrected chi connectivity index (χ2v) is 12.7. The van der Waals surface area contributed by atoms with E-state index in [0.717, 1.165) is 44.3 Å². The summed E-state index contributed by atoms with van der Waals surface area (Å²) in [6.45, 7) is 4.55. The van der Waals surface area contributed by atoms with Crippen LogP contribution in [0, 0.1) is 12.4 Å². The third-order valence-electron chi connectivity index (χ3n) is 5.96. The Morgan fingerprint density at radius 3 is 1.59 bits per heavy atom. The molecule has 0 bridgehead atoms. The van der Waals surface area contributed by atoms with Crippen molar-refractivity contribution in [2.75, 3.05) is 0 Å². The van der Waals surface area contributed by atoms with Gasteiger partial charge in [0.1, 0.15) is 0 Å². The Morgan fingerprint density at radius 2 is 1.12 bits per heavy atom. The van der Waals surface area contributed by atoms with Gasteiger partial charge in [0, 0.05) is 34.3 Å². The number of fused-ring (bicyclic) bond motifs is 2. The Balaban J connectivity index is 0.00000241. The van der Waals surface area contributed by atoms with Crippen molar-refractivity contribution in [3.05, 3.63) is 97.6 Å². The Morgan fingerprint density at radius 1 is 0.647 bits per heavy atom. The summed E-state index contributed by atoms with van der Waals surface area (Å²) in [6.07, 6.45) is 10.1. The summed E-state index contributed by atoms with van der Waals surface area (Å²) in [7, 11) is -2.20. The molecule has 0 radical (unpaired) electrons. The average molecular weight is 640 g/mol. The van der Waals surface area contributed by atoms with Gasteiger partial charge in [-0.05, 0) is 12.1 Å². The van der Waals surface area contributed by atoms with Crippen LogP contribution in [0.15, 0.2) is 85.2 Å². The first-order chi connectivity index (χ1) is 16.1. The van der Waals surface area contributed by atoms with Crippen molar-refractivity contribution in [2.45, 2.75) is 13.1 Å².